The number of rotatable bonds is 3. The Hall–Kier alpha value is -1.24. The Kier molecular flexibility index (Phi) is 3.47. The highest BCUT2D eigenvalue weighted by atomic mass is 19.4. The quantitative estimate of drug-likeness (QED) is 0.825. The molecule has 0 bridgehead atoms. The number of halogens is 5. The maximum atomic E-state index is 13.2. The Balaban J connectivity index is 3.23. The van der Waals surface area contributed by atoms with Crippen molar-refractivity contribution in [3.05, 3.63) is 29.6 Å². The van der Waals surface area contributed by atoms with Gasteiger partial charge in [-0.1, -0.05) is 0 Å². The number of aliphatic hydroxyl groups excluding tert-OH is 1. The van der Waals surface area contributed by atoms with Crippen LogP contribution in [0.2, 0.25) is 0 Å². The third kappa shape index (κ3) is 2.66. The second-order valence-electron chi connectivity index (χ2n) is 3.08. The van der Waals surface area contributed by atoms with E-state index in [4.69, 9.17) is 5.11 Å². The van der Waals surface area contributed by atoms with Crippen molar-refractivity contribution in [3.8, 4) is 0 Å². The summed E-state index contributed by atoms with van der Waals surface area (Å²) in [6.45, 7) is -0.916. The monoisotopic (exact) mass is 241 g/mol. The first-order chi connectivity index (χ1) is 7.29. The molecule has 2 nitrogen and oxygen atoms in total. The zero-order valence-corrected chi connectivity index (χ0v) is 7.93. The molecule has 0 aliphatic heterocycles. The predicted octanol–water partition coefficient (Wildman–Crippen LogP) is 2.57. The molecule has 1 aromatic heterocycles. The van der Waals surface area contributed by atoms with Gasteiger partial charge in [0.2, 0.25) is 0 Å². The SMILES string of the molecule is OCCC(F)(F)c1ncccc1C(F)(F)F. The van der Waals surface area contributed by atoms with Crippen LogP contribution in [-0.4, -0.2) is 16.7 Å². The average Bonchev–Trinajstić information content (AvgIpc) is 2.16. The van der Waals surface area contributed by atoms with Gasteiger partial charge in [0, 0.05) is 19.2 Å². The minimum absolute atomic E-state index is 0.535. The summed E-state index contributed by atoms with van der Waals surface area (Å²) in [7, 11) is 0. The average molecular weight is 241 g/mol. The van der Waals surface area contributed by atoms with Gasteiger partial charge in [0.15, 0.2) is 0 Å². The topological polar surface area (TPSA) is 33.1 Å². The summed E-state index contributed by atoms with van der Waals surface area (Å²) >= 11 is 0. The molecule has 1 rings (SSSR count). The summed E-state index contributed by atoms with van der Waals surface area (Å²) in [6, 6.07) is 1.47. The first-order valence-corrected chi connectivity index (χ1v) is 4.30. The minimum Gasteiger partial charge on any atom is -0.396 e. The molecule has 0 aliphatic carbocycles. The molecule has 0 spiro atoms. The van der Waals surface area contributed by atoms with Crippen LogP contribution in [0.1, 0.15) is 17.7 Å². The molecule has 0 saturated heterocycles. The van der Waals surface area contributed by atoms with Crippen LogP contribution in [-0.2, 0) is 12.1 Å². The standard InChI is InChI=1S/C9H8F5NO/c10-8(11,3-5-16)7-6(9(12,13)14)2-1-4-15-7/h1-2,4,16H,3,5H2. The Morgan fingerprint density at radius 2 is 1.81 bits per heavy atom. The van der Waals surface area contributed by atoms with Gasteiger partial charge >= 0.3 is 6.18 Å². The van der Waals surface area contributed by atoms with Crippen LogP contribution in [0.15, 0.2) is 18.3 Å². The molecule has 0 fully saturated rings. The van der Waals surface area contributed by atoms with Gasteiger partial charge in [-0.25, -0.2) is 0 Å². The number of pyridine rings is 1. The van der Waals surface area contributed by atoms with Crippen LogP contribution in [0.25, 0.3) is 0 Å². The summed E-state index contributed by atoms with van der Waals surface area (Å²) in [5, 5.41) is 8.37. The van der Waals surface area contributed by atoms with Crippen molar-refractivity contribution >= 4 is 0 Å². The van der Waals surface area contributed by atoms with Gasteiger partial charge in [-0.15, -0.1) is 0 Å². The highest BCUT2D eigenvalue weighted by molar-refractivity contribution is 5.26. The minimum atomic E-state index is -4.89. The molecule has 1 heterocycles. The Bertz CT molecular complexity index is 363. The van der Waals surface area contributed by atoms with Crippen molar-refractivity contribution in [2.75, 3.05) is 6.61 Å². The largest absolute Gasteiger partial charge is 0.418 e. The van der Waals surface area contributed by atoms with E-state index < -0.39 is 36.4 Å². The lowest BCUT2D eigenvalue weighted by Gasteiger charge is -2.19. The van der Waals surface area contributed by atoms with Crippen LogP contribution in [0, 0.1) is 0 Å². The molecule has 0 radical (unpaired) electrons. The second kappa shape index (κ2) is 4.32. The van der Waals surface area contributed by atoms with Crippen LogP contribution in [0.3, 0.4) is 0 Å². The summed E-state index contributed by atoms with van der Waals surface area (Å²) in [6.07, 6.45) is -5.12. The Morgan fingerprint density at radius 1 is 1.19 bits per heavy atom. The van der Waals surface area contributed by atoms with E-state index in [2.05, 4.69) is 4.98 Å². The van der Waals surface area contributed by atoms with Gasteiger partial charge in [-0.3, -0.25) is 4.98 Å². The molecule has 0 aliphatic rings. The summed E-state index contributed by atoms with van der Waals surface area (Å²) in [5.41, 5.74) is -2.83. The second-order valence-corrected chi connectivity index (χ2v) is 3.08. The normalized spacial score (nSPS) is 12.9. The van der Waals surface area contributed by atoms with Crippen molar-refractivity contribution in [3.63, 3.8) is 0 Å². The highest BCUT2D eigenvalue weighted by Gasteiger charge is 2.43. The molecule has 90 valence electrons. The lowest BCUT2D eigenvalue weighted by atomic mass is 10.1. The Morgan fingerprint density at radius 3 is 2.31 bits per heavy atom. The zero-order chi connectivity index (χ0) is 12.4. The first kappa shape index (κ1) is 12.8. The van der Waals surface area contributed by atoms with E-state index in [-0.39, 0.29) is 0 Å². The lowest BCUT2D eigenvalue weighted by molar-refractivity contribution is -0.143. The fourth-order valence-corrected chi connectivity index (χ4v) is 1.18. The zero-order valence-electron chi connectivity index (χ0n) is 7.93. The van der Waals surface area contributed by atoms with E-state index in [1.165, 1.54) is 0 Å². The molecule has 0 amide bonds. The molecule has 7 heteroatoms. The summed E-state index contributed by atoms with van der Waals surface area (Å²) in [5.74, 6) is -3.79. The van der Waals surface area contributed by atoms with E-state index in [1.807, 2.05) is 0 Å². The van der Waals surface area contributed by atoms with E-state index in [0.717, 1.165) is 12.3 Å². The number of hydrogen-bond donors (Lipinski definition) is 1. The Labute approximate surface area is 87.7 Å². The molecule has 1 N–H and O–H groups in total. The highest BCUT2D eigenvalue weighted by Crippen LogP contribution is 2.39. The predicted molar refractivity (Wildman–Crippen MR) is 44.8 cm³/mol. The first-order valence-electron chi connectivity index (χ1n) is 4.30. The van der Waals surface area contributed by atoms with Gasteiger partial charge in [0.25, 0.3) is 5.92 Å². The number of aromatic nitrogens is 1. The van der Waals surface area contributed by atoms with Gasteiger partial charge in [0.1, 0.15) is 5.69 Å². The fraction of sp³-hybridized carbons (Fsp3) is 0.444. The van der Waals surface area contributed by atoms with Crippen LogP contribution < -0.4 is 0 Å². The molecule has 1 aromatic rings. The molecular weight excluding hydrogens is 233 g/mol. The molecule has 0 atom stereocenters. The van der Waals surface area contributed by atoms with Crippen LogP contribution in [0.5, 0.6) is 0 Å². The number of hydrogen-bond acceptors (Lipinski definition) is 2. The van der Waals surface area contributed by atoms with Gasteiger partial charge in [-0.2, -0.15) is 22.0 Å². The molecule has 0 aromatic carbocycles. The van der Waals surface area contributed by atoms with Crippen LogP contribution >= 0.6 is 0 Å². The molecule has 0 saturated carbocycles. The van der Waals surface area contributed by atoms with Crippen molar-refractivity contribution < 1.29 is 27.1 Å². The summed E-state index contributed by atoms with van der Waals surface area (Å²) in [4.78, 5) is 3.05. The number of alkyl halides is 5. The molecular formula is C9H8F5NO. The smallest absolute Gasteiger partial charge is 0.396 e. The van der Waals surface area contributed by atoms with Gasteiger partial charge in [0.05, 0.1) is 5.56 Å². The van der Waals surface area contributed by atoms with E-state index in [1.54, 1.807) is 0 Å². The van der Waals surface area contributed by atoms with E-state index in [0.29, 0.717) is 6.07 Å². The fourth-order valence-electron chi connectivity index (χ4n) is 1.18. The third-order valence-electron chi connectivity index (χ3n) is 1.89. The van der Waals surface area contributed by atoms with E-state index in [9.17, 15) is 22.0 Å². The maximum Gasteiger partial charge on any atom is 0.418 e. The van der Waals surface area contributed by atoms with E-state index >= 15 is 0 Å². The third-order valence-corrected chi connectivity index (χ3v) is 1.89. The summed E-state index contributed by atoms with van der Waals surface area (Å²) < 4.78 is 63.6. The molecule has 16 heavy (non-hydrogen) atoms. The van der Waals surface area contributed by atoms with Gasteiger partial charge < -0.3 is 5.11 Å². The van der Waals surface area contributed by atoms with Crippen molar-refractivity contribution in [1.82, 2.24) is 4.98 Å². The number of nitrogens with zero attached hydrogens (tertiary/aromatic N) is 1. The van der Waals surface area contributed by atoms with Crippen LogP contribution in [0.4, 0.5) is 22.0 Å². The number of aliphatic hydroxyl groups is 1. The molecule has 0 unspecified atom stereocenters. The van der Waals surface area contributed by atoms with Crippen molar-refractivity contribution in [2.45, 2.75) is 18.5 Å². The van der Waals surface area contributed by atoms with Crippen molar-refractivity contribution in [2.24, 2.45) is 0 Å². The lowest BCUT2D eigenvalue weighted by Crippen LogP contribution is -2.23. The van der Waals surface area contributed by atoms with Crippen molar-refractivity contribution in [1.29, 1.82) is 0 Å². The maximum absolute atomic E-state index is 13.2. The van der Waals surface area contributed by atoms with Gasteiger partial charge in [-0.05, 0) is 12.1 Å².